The van der Waals surface area contributed by atoms with Gasteiger partial charge in [0.2, 0.25) is 5.91 Å². The van der Waals surface area contributed by atoms with E-state index in [0.717, 1.165) is 24.1 Å². The van der Waals surface area contributed by atoms with Gasteiger partial charge in [-0.2, -0.15) is 5.10 Å². The molecule has 2 aliphatic rings. The van der Waals surface area contributed by atoms with Gasteiger partial charge < -0.3 is 15.3 Å². The molecule has 158 valence electrons. The largest absolute Gasteiger partial charge is 0.388 e. The minimum absolute atomic E-state index is 0.0527. The highest BCUT2D eigenvalue weighted by atomic mass is 16.3. The van der Waals surface area contributed by atoms with Crippen molar-refractivity contribution < 1.29 is 14.7 Å². The number of aliphatic hydroxyl groups is 1. The summed E-state index contributed by atoms with van der Waals surface area (Å²) in [5.74, 6) is -0.359. The van der Waals surface area contributed by atoms with E-state index in [0.29, 0.717) is 18.7 Å². The summed E-state index contributed by atoms with van der Waals surface area (Å²) < 4.78 is 1.66. The number of allylic oxidation sites excluding steroid dienone is 2. The second-order valence-corrected chi connectivity index (χ2v) is 8.28. The van der Waals surface area contributed by atoms with Gasteiger partial charge in [0.15, 0.2) is 5.69 Å². The fraction of sp³-hybridized carbons (Fsp3) is 0.435. The predicted octanol–water partition coefficient (Wildman–Crippen LogP) is 1.91. The van der Waals surface area contributed by atoms with Crippen LogP contribution in [0.4, 0.5) is 0 Å². The molecule has 2 aromatic rings. The Kier molecular flexibility index (Phi) is 5.47. The summed E-state index contributed by atoms with van der Waals surface area (Å²) in [6, 6.07) is 11.3. The lowest BCUT2D eigenvalue weighted by Crippen LogP contribution is -2.63. The lowest BCUT2D eigenvalue weighted by Gasteiger charge is -2.46. The zero-order valence-corrected chi connectivity index (χ0v) is 17.4. The van der Waals surface area contributed by atoms with Crippen LogP contribution in [0.25, 0.3) is 0 Å². The highest BCUT2D eigenvalue weighted by molar-refractivity contribution is 5.92. The van der Waals surface area contributed by atoms with Crippen molar-refractivity contribution >= 4 is 11.8 Å². The van der Waals surface area contributed by atoms with Gasteiger partial charge in [-0.05, 0) is 37.8 Å². The van der Waals surface area contributed by atoms with E-state index in [1.54, 1.807) is 22.7 Å². The average Bonchev–Trinajstić information content (AvgIpc) is 3.40. The number of amides is 2. The SMILES string of the molecule is Cc1cc(C(=O)N2CC[C@@](NC(=O)C3CC=CC3)(c3ccccc3)[C@H](O)C2)nn1C. The molecule has 1 saturated heterocycles. The Morgan fingerprint density at radius 3 is 2.50 bits per heavy atom. The van der Waals surface area contributed by atoms with Crippen LogP contribution >= 0.6 is 0 Å². The molecule has 2 heterocycles. The third kappa shape index (κ3) is 3.65. The number of hydrogen-bond donors (Lipinski definition) is 2. The van der Waals surface area contributed by atoms with Crippen molar-refractivity contribution in [2.24, 2.45) is 13.0 Å². The molecule has 2 N–H and O–H groups in total. The summed E-state index contributed by atoms with van der Waals surface area (Å²) in [5.41, 5.74) is 1.21. The van der Waals surface area contributed by atoms with Crippen molar-refractivity contribution in [2.45, 2.75) is 37.8 Å². The average molecular weight is 409 g/mol. The normalized spacial score (nSPS) is 24.2. The maximum absolute atomic E-state index is 13.0. The van der Waals surface area contributed by atoms with Crippen LogP contribution in [0.15, 0.2) is 48.6 Å². The standard InChI is InChI=1S/C23H28N4O3/c1-16-14-19(25-26(16)2)22(30)27-13-12-23(20(28)15-27,18-10-4-3-5-11-18)24-21(29)17-8-6-7-9-17/h3-7,10-11,14,17,20,28H,8-9,12-13,15H2,1-2H3,(H,24,29)/t20-,23-/m1/s1. The van der Waals surface area contributed by atoms with Crippen molar-refractivity contribution in [1.82, 2.24) is 20.0 Å². The molecule has 1 aromatic carbocycles. The first-order chi connectivity index (χ1) is 14.4. The number of aromatic nitrogens is 2. The zero-order valence-electron chi connectivity index (χ0n) is 17.4. The molecule has 0 radical (unpaired) electrons. The van der Waals surface area contributed by atoms with Crippen molar-refractivity contribution in [1.29, 1.82) is 0 Å². The first-order valence-corrected chi connectivity index (χ1v) is 10.4. The summed E-state index contributed by atoms with van der Waals surface area (Å²) >= 11 is 0. The van der Waals surface area contributed by atoms with Crippen LogP contribution in [-0.2, 0) is 17.4 Å². The molecule has 2 atom stereocenters. The molecule has 7 heteroatoms. The molecule has 1 aromatic heterocycles. The van der Waals surface area contributed by atoms with E-state index in [-0.39, 0.29) is 24.3 Å². The molecule has 0 bridgehead atoms. The lowest BCUT2D eigenvalue weighted by molar-refractivity contribution is -0.130. The van der Waals surface area contributed by atoms with E-state index in [1.165, 1.54) is 0 Å². The topological polar surface area (TPSA) is 87.5 Å². The molecular formula is C23H28N4O3. The van der Waals surface area contributed by atoms with Crippen LogP contribution < -0.4 is 5.32 Å². The van der Waals surface area contributed by atoms with Crippen molar-refractivity contribution in [2.75, 3.05) is 13.1 Å². The number of nitrogens with zero attached hydrogens (tertiary/aromatic N) is 3. The van der Waals surface area contributed by atoms with Gasteiger partial charge >= 0.3 is 0 Å². The number of hydrogen-bond acceptors (Lipinski definition) is 4. The lowest BCUT2D eigenvalue weighted by atomic mass is 9.78. The highest BCUT2D eigenvalue weighted by Crippen LogP contribution is 2.35. The van der Waals surface area contributed by atoms with Crippen LogP contribution in [0.2, 0.25) is 0 Å². The van der Waals surface area contributed by atoms with Gasteiger partial charge in [0.05, 0.1) is 11.6 Å². The summed E-state index contributed by atoms with van der Waals surface area (Å²) in [6.07, 6.45) is 4.98. The highest BCUT2D eigenvalue weighted by Gasteiger charge is 2.46. The molecule has 1 aliphatic carbocycles. The van der Waals surface area contributed by atoms with Crippen LogP contribution in [0.1, 0.15) is 41.0 Å². The van der Waals surface area contributed by atoms with Gasteiger partial charge in [0, 0.05) is 31.7 Å². The number of benzene rings is 1. The van der Waals surface area contributed by atoms with Gasteiger partial charge in [-0.1, -0.05) is 42.5 Å². The number of nitrogens with one attached hydrogen (secondary N) is 1. The number of likely N-dealkylation sites (tertiary alicyclic amines) is 1. The summed E-state index contributed by atoms with van der Waals surface area (Å²) in [5, 5.41) is 18.7. The Bertz CT molecular complexity index is 941. The molecule has 0 unspecified atom stereocenters. The molecule has 30 heavy (non-hydrogen) atoms. The molecule has 0 saturated carbocycles. The summed E-state index contributed by atoms with van der Waals surface area (Å²) in [4.78, 5) is 27.5. The maximum atomic E-state index is 13.0. The molecule has 1 aliphatic heterocycles. The van der Waals surface area contributed by atoms with Gasteiger partial charge in [0.25, 0.3) is 5.91 Å². The Labute approximate surface area is 176 Å². The van der Waals surface area contributed by atoms with E-state index >= 15 is 0 Å². The van der Waals surface area contributed by atoms with E-state index in [4.69, 9.17) is 0 Å². The Morgan fingerprint density at radius 1 is 1.20 bits per heavy atom. The molecule has 1 fully saturated rings. The third-order valence-electron chi connectivity index (χ3n) is 6.37. The van der Waals surface area contributed by atoms with E-state index < -0.39 is 11.6 Å². The summed E-state index contributed by atoms with van der Waals surface area (Å²) in [6.45, 7) is 2.44. The summed E-state index contributed by atoms with van der Waals surface area (Å²) in [7, 11) is 1.80. The minimum Gasteiger partial charge on any atom is -0.388 e. The van der Waals surface area contributed by atoms with Gasteiger partial charge in [-0.15, -0.1) is 0 Å². The van der Waals surface area contributed by atoms with Crippen molar-refractivity contribution in [3.05, 3.63) is 65.5 Å². The van der Waals surface area contributed by atoms with Gasteiger partial charge in [-0.3, -0.25) is 14.3 Å². The first-order valence-electron chi connectivity index (χ1n) is 10.4. The van der Waals surface area contributed by atoms with Crippen LogP contribution in [0, 0.1) is 12.8 Å². The number of carbonyl (C=O) groups excluding carboxylic acids is 2. The van der Waals surface area contributed by atoms with Gasteiger partial charge in [0.1, 0.15) is 0 Å². The Morgan fingerprint density at radius 2 is 1.90 bits per heavy atom. The minimum atomic E-state index is -0.930. The first kappa shape index (κ1) is 20.3. The number of rotatable bonds is 4. The smallest absolute Gasteiger partial charge is 0.274 e. The third-order valence-corrected chi connectivity index (χ3v) is 6.37. The number of piperidine rings is 1. The number of aliphatic hydroxyl groups excluding tert-OH is 1. The fourth-order valence-corrected chi connectivity index (χ4v) is 4.39. The van der Waals surface area contributed by atoms with Gasteiger partial charge in [-0.25, -0.2) is 0 Å². The monoisotopic (exact) mass is 408 g/mol. The number of β-amino-alcohol motifs (C(OH)–C–C–N with tert-alkyl or cyclic N) is 1. The van der Waals surface area contributed by atoms with Crippen LogP contribution in [-0.4, -0.2) is 50.8 Å². The molecule has 7 nitrogen and oxygen atoms in total. The Balaban J connectivity index is 1.57. The number of aryl methyl sites for hydroxylation is 2. The predicted molar refractivity (Wildman–Crippen MR) is 113 cm³/mol. The zero-order chi connectivity index (χ0) is 21.3. The van der Waals surface area contributed by atoms with Crippen molar-refractivity contribution in [3.63, 3.8) is 0 Å². The second kappa shape index (κ2) is 8.07. The van der Waals surface area contributed by atoms with Crippen molar-refractivity contribution in [3.8, 4) is 0 Å². The second-order valence-electron chi connectivity index (χ2n) is 8.28. The molecule has 4 rings (SSSR count). The number of carbonyl (C=O) groups is 2. The van der Waals surface area contributed by atoms with E-state index in [1.807, 2.05) is 49.4 Å². The molecule has 0 spiro atoms. The quantitative estimate of drug-likeness (QED) is 0.757. The van der Waals surface area contributed by atoms with E-state index in [2.05, 4.69) is 10.4 Å². The Hall–Kier alpha value is -2.93. The van der Waals surface area contributed by atoms with E-state index in [9.17, 15) is 14.7 Å². The molecule has 2 amide bonds. The maximum Gasteiger partial charge on any atom is 0.274 e. The van der Waals surface area contributed by atoms with Crippen LogP contribution in [0.3, 0.4) is 0 Å². The fourth-order valence-electron chi connectivity index (χ4n) is 4.39. The van der Waals surface area contributed by atoms with Crippen LogP contribution in [0.5, 0.6) is 0 Å². The molecular weight excluding hydrogens is 380 g/mol.